The monoisotopic (exact) mass is 392 g/mol. The number of hydrogen-bond donors (Lipinski definition) is 2. The predicted octanol–water partition coefficient (Wildman–Crippen LogP) is 3.45. The summed E-state index contributed by atoms with van der Waals surface area (Å²) in [5, 5.41) is 14.8. The van der Waals surface area contributed by atoms with E-state index >= 15 is 0 Å². The zero-order chi connectivity index (χ0) is 19.5. The highest BCUT2D eigenvalue weighted by Crippen LogP contribution is 2.47. The zero-order valence-electron chi connectivity index (χ0n) is 15.3. The lowest BCUT2D eigenvalue weighted by Crippen LogP contribution is -2.42. The van der Waals surface area contributed by atoms with Crippen LogP contribution in [0.3, 0.4) is 0 Å². The van der Waals surface area contributed by atoms with E-state index in [1.165, 1.54) is 16.9 Å². The third-order valence-corrected chi connectivity index (χ3v) is 5.67. The first kappa shape index (κ1) is 18.3. The van der Waals surface area contributed by atoms with E-state index in [0.29, 0.717) is 5.13 Å². The Balaban J connectivity index is 1.31. The maximum atomic E-state index is 12.4. The zero-order valence-corrected chi connectivity index (χ0v) is 16.1. The van der Waals surface area contributed by atoms with Gasteiger partial charge in [0.25, 0.3) is 0 Å². The Bertz CT molecular complexity index is 974. The van der Waals surface area contributed by atoms with Crippen LogP contribution >= 0.6 is 11.3 Å². The Kier molecular flexibility index (Phi) is 5.16. The molecule has 6 nitrogen and oxygen atoms in total. The summed E-state index contributed by atoms with van der Waals surface area (Å²) < 4.78 is 0. The molecule has 3 unspecified atom stereocenters. The van der Waals surface area contributed by atoms with Crippen molar-refractivity contribution in [3.05, 3.63) is 66.2 Å². The van der Waals surface area contributed by atoms with Crippen molar-refractivity contribution in [2.75, 3.05) is 5.32 Å². The molecule has 1 saturated carbocycles. The molecule has 1 aliphatic carbocycles. The first-order valence-corrected chi connectivity index (χ1v) is 9.98. The molecule has 0 spiro atoms. The van der Waals surface area contributed by atoms with Crippen LogP contribution in [-0.4, -0.2) is 28.1 Å². The molecule has 0 bridgehead atoms. The van der Waals surface area contributed by atoms with Crippen molar-refractivity contribution in [3.8, 4) is 10.6 Å². The van der Waals surface area contributed by atoms with Crippen LogP contribution in [0.1, 0.15) is 24.8 Å². The van der Waals surface area contributed by atoms with Gasteiger partial charge in [0.15, 0.2) is 0 Å². The summed E-state index contributed by atoms with van der Waals surface area (Å²) in [5.41, 5.74) is 2.12. The van der Waals surface area contributed by atoms with E-state index in [4.69, 9.17) is 0 Å². The van der Waals surface area contributed by atoms with Crippen molar-refractivity contribution in [1.82, 2.24) is 15.5 Å². The highest BCUT2D eigenvalue weighted by Gasteiger charge is 2.44. The van der Waals surface area contributed by atoms with Crippen molar-refractivity contribution in [2.45, 2.75) is 25.3 Å². The third kappa shape index (κ3) is 4.09. The van der Waals surface area contributed by atoms with Gasteiger partial charge in [-0.25, -0.2) is 0 Å². The molecular formula is C21H20N4O2S. The van der Waals surface area contributed by atoms with Gasteiger partial charge >= 0.3 is 0 Å². The number of nitrogens with zero attached hydrogens (tertiary/aromatic N) is 2. The molecule has 3 aromatic rings. The molecule has 142 valence electrons. The summed E-state index contributed by atoms with van der Waals surface area (Å²) in [7, 11) is 0. The molecule has 0 radical (unpaired) electrons. The van der Waals surface area contributed by atoms with Crippen LogP contribution in [-0.2, 0) is 9.59 Å². The van der Waals surface area contributed by atoms with Crippen LogP contribution in [0.4, 0.5) is 5.13 Å². The number of rotatable bonds is 6. The lowest BCUT2D eigenvalue weighted by atomic mass is 10.1. The molecule has 4 rings (SSSR count). The minimum Gasteiger partial charge on any atom is -0.344 e. The molecule has 3 atom stereocenters. The van der Waals surface area contributed by atoms with Gasteiger partial charge in [-0.1, -0.05) is 72.0 Å². The van der Waals surface area contributed by atoms with Crippen molar-refractivity contribution < 1.29 is 9.59 Å². The fourth-order valence-electron chi connectivity index (χ4n) is 3.12. The van der Waals surface area contributed by atoms with Crippen molar-refractivity contribution in [2.24, 2.45) is 5.92 Å². The van der Waals surface area contributed by atoms with E-state index < -0.39 is 6.04 Å². The van der Waals surface area contributed by atoms with E-state index in [0.717, 1.165) is 17.0 Å². The van der Waals surface area contributed by atoms with E-state index in [1.807, 2.05) is 60.7 Å². The van der Waals surface area contributed by atoms with Crippen LogP contribution in [0.5, 0.6) is 0 Å². The van der Waals surface area contributed by atoms with Crippen molar-refractivity contribution in [1.29, 1.82) is 0 Å². The number of hydrogen-bond acceptors (Lipinski definition) is 5. The minimum absolute atomic E-state index is 0.0659. The summed E-state index contributed by atoms with van der Waals surface area (Å²) in [6.45, 7) is 1.67. The lowest BCUT2D eigenvalue weighted by molar-refractivity contribution is -0.127. The van der Waals surface area contributed by atoms with E-state index in [2.05, 4.69) is 20.8 Å². The fourth-order valence-corrected chi connectivity index (χ4v) is 3.88. The van der Waals surface area contributed by atoms with Crippen molar-refractivity contribution in [3.63, 3.8) is 0 Å². The molecule has 28 heavy (non-hydrogen) atoms. The SMILES string of the molecule is CC(NC(=O)C1CC1c1ccccc1)C(=O)Nc1nnc(-c2ccccc2)s1. The number of benzene rings is 2. The number of nitrogens with one attached hydrogen (secondary N) is 2. The molecule has 2 amide bonds. The smallest absolute Gasteiger partial charge is 0.248 e. The first-order chi connectivity index (χ1) is 13.6. The summed E-state index contributed by atoms with van der Waals surface area (Å²) in [6.07, 6.45) is 0.820. The van der Waals surface area contributed by atoms with Gasteiger partial charge in [0.2, 0.25) is 16.9 Å². The van der Waals surface area contributed by atoms with E-state index in [1.54, 1.807) is 6.92 Å². The maximum absolute atomic E-state index is 12.4. The maximum Gasteiger partial charge on any atom is 0.248 e. The highest BCUT2D eigenvalue weighted by atomic mass is 32.1. The Hall–Kier alpha value is -3.06. The van der Waals surface area contributed by atoms with Crippen LogP contribution in [0.2, 0.25) is 0 Å². The van der Waals surface area contributed by atoms with Crippen LogP contribution in [0.25, 0.3) is 10.6 Å². The quantitative estimate of drug-likeness (QED) is 0.673. The summed E-state index contributed by atoms with van der Waals surface area (Å²) in [6, 6.07) is 19.0. The fraction of sp³-hybridized carbons (Fsp3) is 0.238. The average molecular weight is 392 g/mol. The van der Waals surface area contributed by atoms with Crippen LogP contribution in [0.15, 0.2) is 60.7 Å². The number of anilines is 1. The van der Waals surface area contributed by atoms with Gasteiger partial charge in [0, 0.05) is 11.5 Å². The topological polar surface area (TPSA) is 84.0 Å². The van der Waals surface area contributed by atoms with Gasteiger partial charge in [0.1, 0.15) is 11.0 Å². The van der Waals surface area contributed by atoms with Gasteiger partial charge in [0.05, 0.1) is 0 Å². The van der Waals surface area contributed by atoms with Crippen LogP contribution < -0.4 is 10.6 Å². The van der Waals surface area contributed by atoms with Gasteiger partial charge < -0.3 is 5.32 Å². The molecule has 7 heteroatoms. The third-order valence-electron chi connectivity index (χ3n) is 4.78. The summed E-state index contributed by atoms with van der Waals surface area (Å²) >= 11 is 1.30. The number of aromatic nitrogens is 2. The Morgan fingerprint density at radius 2 is 1.71 bits per heavy atom. The van der Waals surface area contributed by atoms with Gasteiger partial charge in [-0.05, 0) is 24.8 Å². The van der Waals surface area contributed by atoms with E-state index in [9.17, 15) is 9.59 Å². The summed E-state index contributed by atoms with van der Waals surface area (Å²) in [4.78, 5) is 24.8. The van der Waals surface area contributed by atoms with Gasteiger partial charge in [-0.15, -0.1) is 10.2 Å². The Morgan fingerprint density at radius 1 is 1.04 bits per heavy atom. The predicted molar refractivity (Wildman–Crippen MR) is 109 cm³/mol. The average Bonchev–Trinajstić information content (AvgIpc) is 3.41. The normalized spacial score (nSPS) is 18.9. The number of carbonyl (C=O) groups is 2. The summed E-state index contributed by atoms with van der Waals surface area (Å²) in [5.74, 6) is -0.211. The Morgan fingerprint density at radius 3 is 2.43 bits per heavy atom. The molecular weight excluding hydrogens is 372 g/mol. The molecule has 1 aromatic heterocycles. The molecule has 0 aliphatic heterocycles. The van der Waals surface area contributed by atoms with Crippen molar-refractivity contribution >= 4 is 28.3 Å². The highest BCUT2D eigenvalue weighted by molar-refractivity contribution is 7.18. The Labute approximate surface area is 167 Å². The van der Waals surface area contributed by atoms with E-state index in [-0.39, 0.29) is 23.7 Å². The number of amides is 2. The number of carbonyl (C=O) groups excluding carboxylic acids is 2. The minimum atomic E-state index is -0.645. The second-order valence-corrected chi connectivity index (χ2v) is 7.83. The molecule has 1 heterocycles. The molecule has 0 saturated heterocycles. The first-order valence-electron chi connectivity index (χ1n) is 9.17. The molecule has 2 N–H and O–H groups in total. The lowest BCUT2D eigenvalue weighted by Gasteiger charge is -2.12. The molecule has 2 aromatic carbocycles. The second-order valence-electron chi connectivity index (χ2n) is 6.86. The largest absolute Gasteiger partial charge is 0.344 e. The second kappa shape index (κ2) is 7.90. The van der Waals surface area contributed by atoms with Crippen LogP contribution in [0, 0.1) is 5.92 Å². The van der Waals surface area contributed by atoms with Gasteiger partial charge in [-0.2, -0.15) is 0 Å². The molecule has 1 fully saturated rings. The van der Waals surface area contributed by atoms with Gasteiger partial charge in [-0.3, -0.25) is 14.9 Å². The standard InChI is InChI=1S/C21H20N4O2S/c1-13(22-19(27)17-12-16(17)14-8-4-2-5-9-14)18(26)23-21-25-24-20(28-21)15-10-6-3-7-11-15/h2-11,13,16-17H,12H2,1H3,(H,22,27)(H,23,25,26). The molecule has 1 aliphatic rings.